The summed E-state index contributed by atoms with van der Waals surface area (Å²) in [7, 11) is 0. The molecule has 2 aliphatic rings. The number of nitrogens with one attached hydrogen (secondary N) is 1. The summed E-state index contributed by atoms with van der Waals surface area (Å²) in [6, 6.07) is 0. The van der Waals surface area contributed by atoms with Crippen LogP contribution in [-0.2, 0) is 9.59 Å². The van der Waals surface area contributed by atoms with Gasteiger partial charge in [0.25, 0.3) is 0 Å². The van der Waals surface area contributed by atoms with Crippen LogP contribution in [0.3, 0.4) is 0 Å². The first kappa shape index (κ1) is 13.7. The third kappa shape index (κ3) is 2.51. The summed E-state index contributed by atoms with van der Waals surface area (Å²) in [6.07, 6.45) is 4.12. The van der Waals surface area contributed by atoms with Crippen LogP contribution in [-0.4, -0.2) is 46.3 Å². The summed E-state index contributed by atoms with van der Waals surface area (Å²) in [4.78, 5) is 26.1. The lowest BCUT2D eigenvalue weighted by Gasteiger charge is -2.42. The van der Waals surface area contributed by atoms with Gasteiger partial charge in [-0.05, 0) is 45.8 Å². The fourth-order valence-corrected chi connectivity index (χ4v) is 2.83. The molecule has 2 rings (SSSR count). The van der Waals surface area contributed by atoms with Gasteiger partial charge < -0.3 is 10.2 Å². The standard InChI is InChI=1S/C13H22N2O2S/c1-12(2,18-4)8-15-7-10(16)14-13(3,11(15)17)9-5-6-9/h9H,5-8H2,1-4H3,(H,14,16). The van der Waals surface area contributed by atoms with Crippen LogP contribution in [0, 0.1) is 5.92 Å². The second kappa shape index (κ2) is 4.44. The van der Waals surface area contributed by atoms with Crippen molar-refractivity contribution in [1.29, 1.82) is 0 Å². The minimum Gasteiger partial charge on any atom is -0.340 e. The fourth-order valence-electron chi connectivity index (χ4n) is 2.55. The quantitative estimate of drug-likeness (QED) is 0.836. The zero-order valence-corrected chi connectivity index (χ0v) is 12.4. The third-order valence-corrected chi connectivity index (χ3v) is 5.22. The van der Waals surface area contributed by atoms with Crippen molar-refractivity contribution in [2.45, 2.75) is 43.9 Å². The van der Waals surface area contributed by atoms with Crippen LogP contribution in [0.25, 0.3) is 0 Å². The van der Waals surface area contributed by atoms with Crippen molar-refractivity contribution in [3.8, 4) is 0 Å². The van der Waals surface area contributed by atoms with E-state index in [0.29, 0.717) is 12.5 Å². The van der Waals surface area contributed by atoms with Crippen molar-refractivity contribution in [1.82, 2.24) is 10.2 Å². The molecule has 102 valence electrons. The molecule has 2 amide bonds. The van der Waals surface area contributed by atoms with Crippen LogP contribution >= 0.6 is 11.8 Å². The summed E-state index contributed by atoms with van der Waals surface area (Å²) in [5.74, 6) is 0.391. The minimum absolute atomic E-state index is 0.0161. The first-order chi connectivity index (χ1) is 8.28. The normalized spacial score (nSPS) is 29.4. The van der Waals surface area contributed by atoms with Gasteiger partial charge in [0.1, 0.15) is 5.54 Å². The molecule has 0 aromatic heterocycles. The lowest BCUT2D eigenvalue weighted by atomic mass is 9.91. The predicted octanol–water partition coefficient (Wildman–Crippen LogP) is 1.26. The molecule has 1 aliphatic carbocycles. The molecule has 0 radical (unpaired) electrons. The lowest BCUT2D eigenvalue weighted by Crippen LogP contribution is -2.67. The van der Waals surface area contributed by atoms with E-state index in [-0.39, 0.29) is 23.1 Å². The number of carbonyl (C=O) groups excluding carboxylic acids is 2. The minimum atomic E-state index is -0.663. The van der Waals surface area contributed by atoms with Gasteiger partial charge in [-0.3, -0.25) is 9.59 Å². The maximum Gasteiger partial charge on any atom is 0.248 e. The van der Waals surface area contributed by atoms with Gasteiger partial charge in [-0.25, -0.2) is 0 Å². The molecule has 1 saturated heterocycles. The fraction of sp³-hybridized carbons (Fsp3) is 0.846. The smallest absolute Gasteiger partial charge is 0.248 e. The van der Waals surface area contributed by atoms with Crippen LogP contribution in [0.2, 0.25) is 0 Å². The molecule has 5 heteroatoms. The van der Waals surface area contributed by atoms with Gasteiger partial charge in [-0.15, -0.1) is 0 Å². The Kier molecular flexibility index (Phi) is 3.38. The van der Waals surface area contributed by atoms with Gasteiger partial charge in [-0.2, -0.15) is 11.8 Å². The van der Waals surface area contributed by atoms with Crippen LogP contribution < -0.4 is 5.32 Å². The number of hydrogen-bond acceptors (Lipinski definition) is 3. The second-order valence-corrected chi connectivity index (χ2v) is 7.66. The topological polar surface area (TPSA) is 49.4 Å². The summed E-state index contributed by atoms with van der Waals surface area (Å²) in [6.45, 7) is 6.91. The Balaban J connectivity index is 2.15. The van der Waals surface area contributed by atoms with Crippen molar-refractivity contribution in [3.63, 3.8) is 0 Å². The lowest BCUT2D eigenvalue weighted by molar-refractivity contribution is -0.150. The first-order valence-electron chi connectivity index (χ1n) is 6.44. The van der Waals surface area contributed by atoms with Gasteiger partial charge in [0.2, 0.25) is 11.8 Å². The first-order valence-corrected chi connectivity index (χ1v) is 7.66. The third-order valence-electron chi connectivity index (χ3n) is 3.98. The van der Waals surface area contributed by atoms with Gasteiger partial charge in [0.15, 0.2) is 0 Å². The second-order valence-electron chi connectivity index (χ2n) is 6.15. The Bertz CT molecular complexity index is 379. The van der Waals surface area contributed by atoms with E-state index in [2.05, 4.69) is 19.2 Å². The molecular formula is C13H22N2O2S. The van der Waals surface area contributed by atoms with Crippen molar-refractivity contribution in [2.75, 3.05) is 19.3 Å². The van der Waals surface area contributed by atoms with Gasteiger partial charge in [0, 0.05) is 11.3 Å². The van der Waals surface area contributed by atoms with Crippen LogP contribution in [0.5, 0.6) is 0 Å². The molecule has 0 spiro atoms. The van der Waals surface area contributed by atoms with Crippen LogP contribution in [0.15, 0.2) is 0 Å². The number of carbonyl (C=O) groups is 2. The molecule has 1 aliphatic heterocycles. The Morgan fingerprint density at radius 1 is 1.44 bits per heavy atom. The van der Waals surface area contributed by atoms with Crippen molar-refractivity contribution < 1.29 is 9.59 Å². The average molecular weight is 270 g/mol. The van der Waals surface area contributed by atoms with E-state index in [9.17, 15) is 9.59 Å². The maximum absolute atomic E-state index is 12.6. The Morgan fingerprint density at radius 3 is 2.56 bits per heavy atom. The summed E-state index contributed by atoms with van der Waals surface area (Å²) in [5.41, 5.74) is -0.663. The maximum atomic E-state index is 12.6. The summed E-state index contributed by atoms with van der Waals surface area (Å²) in [5, 5.41) is 2.90. The molecule has 0 aromatic rings. The molecule has 18 heavy (non-hydrogen) atoms. The molecule has 0 bridgehead atoms. The van der Waals surface area contributed by atoms with Crippen LogP contribution in [0.4, 0.5) is 0 Å². The van der Waals surface area contributed by atoms with Crippen molar-refractivity contribution in [2.24, 2.45) is 5.92 Å². The zero-order chi connectivity index (χ0) is 13.6. The predicted molar refractivity (Wildman–Crippen MR) is 73.4 cm³/mol. The van der Waals surface area contributed by atoms with E-state index in [1.807, 2.05) is 13.2 Å². The van der Waals surface area contributed by atoms with E-state index in [1.54, 1.807) is 16.7 Å². The van der Waals surface area contributed by atoms with Crippen molar-refractivity contribution in [3.05, 3.63) is 0 Å². The highest BCUT2D eigenvalue weighted by atomic mass is 32.2. The Labute approximate surface area is 113 Å². The molecule has 0 aromatic carbocycles. The number of rotatable bonds is 4. The van der Waals surface area contributed by atoms with Gasteiger partial charge in [0.05, 0.1) is 6.54 Å². The molecule has 2 fully saturated rings. The van der Waals surface area contributed by atoms with E-state index in [4.69, 9.17) is 0 Å². The van der Waals surface area contributed by atoms with Crippen LogP contribution in [0.1, 0.15) is 33.6 Å². The number of nitrogens with zero attached hydrogens (tertiary/aromatic N) is 1. The van der Waals surface area contributed by atoms with Gasteiger partial charge >= 0.3 is 0 Å². The summed E-state index contributed by atoms with van der Waals surface area (Å²) >= 11 is 1.72. The highest BCUT2D eigenvalue weighted by Gasteiger charge is 2.52. The van der Waals surface area contributed by atoms with E-state index in [1.165, 1.54) is 0 Å². The average Bonchev–Trinajstić information content (AvgIpc) is 3.09. The molecule has 1 heterocycles. The van der Waals surface area contributed by atoms with E-state index >= 15 is 0 Å². The molecule has 1 unspecified atom stereocenters. The Morgan fingerprint density at radius 2 is 2.06 bits per heavy atom. The highest BCUT2D eigenvalue weighted by molar-refractivity contribution is 7.99. The highest BCUT2D eigenvalue weighted by Crippen LogP contribution is 2.41. The van der Waals surface area contributed by atoms with Crippen molar-refractivity contribution >= 4 is 23.6 Å². The SMILES string of the molecule is CSC(C)(C)CN1CC(=O)NC(C)(C2CC2)C1=O. The van der Waals surface area contributed by atoms with E-state index in [0.717, 1.165) is 12.8 Å². The number of thioether (sulfide) groups is 1. The summed E-state index contributed by atoms with van der Waals surface area (Å²) < 4.78 is -0.0161. The molecular weight excluding hydrogens is 248 g/mol. The number of hydrogen-bond donors (Lipinski definition) is 1. The Hall–Kier alpha value is -0.710. The number of piperazine rings is 1. The zero-order valence-electron chi connectivity index (χ0n) is 11.6. The molecule has 1 saturated carbocycles. The monoisotopic (exact) mass is 270 g/mol. The largest absolute Gasteiger partial charge is 0.340 e. The molecule has 1 N–H and O–H groups in total. The molecule has 1 atom stereocenters. The number of amides is 2. The molecule has 4 nitrogen and oxygen atoms in total. The van der Waals surface area contributed by atoms with Gasteiger partial charge in [-0.1, -0.05) is 0 Å². The van der Waals surface area contributed by atoms with E-state index < -0.39 is 5.54 Å².